The Morgan fingerprint density at radius 2 is 0.542 bits per heavy atom. The predicted octanol–water partition coefficient (Wildman–Crippen LogP) is 22.1. The molecule has 0 unspecified atom stereocenters. The first-order chi connectivity index (χ1) is 57.8. The van der Waals surface area contributed by atoms with Crippen LogP contribution in [0.4, 0.5) is 0 Å². The van der Waals surface area contributed by atoms with Crippen LogP contribution in [0.25, 0.3) is 44.5 Å². The van der Waals surface area contributed by atoms with Gasteiger partial charge in [-0.1, -0.05) is 217 Å². The van der Waals surface area contributed by atoms with E-state index in [9.17, 15) is 29.1 Å². The summed E-state index contributed by atoms with van der Waals surface area (Å²) in [4.78, 5) is 70.5. The highest BCUT2D eigenvalue weighted by molar-refractivity contribution is 6.10. The lowest BCUT2D eigenvalue weighted by atomic mass is 9.89. The fraction of sp³-hybridized carbons (Fsp3) is 0.151. The van der Waals surface area contributed by atoms with Crippen LogP contribution in [0, 0.1) is 47.4 Å². The molecule has 0 aliphatic carbocycles. The van der Waals surface area contributed by atoms with E-state index < -0.39 is 29.8 Å². The Morgan fingerprint density at radius 3 is 0.797 bits per heavy atom. The van der Waals surface area contributed by atoms with Gasteiger partial charge in [-0.15, -0.1) is 0 Å². The van der Waals surface area contributed by atoms with Crippen LogP contribution >= 0.6 is 0 Å². The number of hydrogen-bond donors (Lipinski definition) is 2. The molecule has 13 heterocycles. The Balaban J connectivity index is 0.675. The van der Waals surface area contributed by atoms with Crippen LogP contribution in [-0.2, 0) is 18.9 Å². The molecule has 20 bridgehead atoms. The van der Waals surface area contributed by atoms with Crippen molar-refractivity contribution in [1.29, 1.82) is 0 Å². The maximum absolute atomic E-state index is 13.1. The summed E-state index contributed by atoms with van der Waals surface area (Å²) >= 11 is 0. The normalized spacial score (nSPS) is 14.5. The van der Waals surface area contributed by atoms with Gasteiger partial charge < -0.3 is 29.4 Å². The first kappa shape index (κ1) is 81.2. The number of allylic oxidation sites excluding steroid dienone is 4. The van der Waals surface area contributed by atoms with Gasteiger partial charge in [-0.25, -0.2) is 24.0 Å². The molecule has 12 heteroatoms. The molecule has 0 saturated carbocycles. The number of aliphatic imine (C=N–C) groups is 1. The van der Waals surface area contributed by atoms with Crippen molar-refractivity contribution in [2.24, 2.45) is 4.99 Å². The number of carbonyl (C=O) groups excluding carboxylic acids is 4. The molecule has 0 fully saturated rings. The first-order valence-electron chi connectivity index (χ1n) is 39.6. The molecule has 0 aromatic heterocycles. The van der Waals surface area contributed by atoms with Gasteiger partial charge in [0.2, 0.25) is 0 Å². The molecule has 2 atom stereocenters. The Bertz CT molecular complexity index is 5590. The molecule has 0 radical (unpaired) electrons. The lowest BCUT2D eigenvalue weighted by Gasteiger charge is -2.24. The van der Waals surface area contributed by atoms with Gasteiger partial charge in [0, 0.05) is 56.1 Å². The first-order valence-corrected chi connectivity index (χ1v) is 39.6. The van der Waals surface area contributed by atoms with Gasteiger partial charge in [-0.05, 0) is 266 Å². The van der Waals surface area contributed by atoms with Crippen LogP contribution < -0.4 is 5.32 Å². The summed E-state index contributed by atoms with van der Waals surface area (Å²) in [6.45, 7) is 5.31. The third-order valence-corrected chi connectivity index (χ3v) is 19.8. The van der Waals surface area contributed by atoms with Crippen LogP contribution in [0.1, 0.15) is 190 Å². The molecule has 12 aromatic carbocycles. The summed E-state index contributed by atoms with van der Waals surface area (Å²) in [6, 6.07) is 91.5. The maximum atomic E-state index is 13.1. The molecule has 13 aliphatic rings. The van der Waals surface area contributed by atoms with E-state index in [4.69, 9.17) is 23.9 Å². The van der Waals surface area contributed by atoms with E-state index in [1.165, 1.54) is 0 Å². The van der Waals surface area contributed by atoms with E-state index in [0.717, 1.165) is 102 Å². The minimum atomic E-state index is -1.06. The number of hydrogen-bond acceptors (Lipinski definition) is 10. The van der Waals surface area contributed by atoms with Crippen molar-refractivity contribution < 1.29 is 48.0 Å². The van der Waals surface area contributed by atoms with Crippen molar-refractivity contribution in [3.63, 3.8) is 0 Å². The van der Waals surface area contributed by atoms with Crippen LogP contribution in [0.3, 0.4) is 0 Å². The monoisotopic (exact) mass is 1550 g/mol. The number of amidine groups is 1. The molecule has 13 aliphatic heterocycles. The van der Waals surface area contributed by atoms with Crippen LogP contribution in [0.15, 0.2) is 320 Å². The second-order valence-electron chi connectivity index (χ2n) is 28.3. The van der Waals surface area contributed by atoms with Crippen molar-refractivity contribution >= 4 is 35.7 Å². The summed E-state index contributed by atoms with van der Waals surface area (Å²) in [6.07, 6.45) is 13.6. The van der Waals surface area contributed by atoms with Crippen molar-refractivity contribution in [2.75, 3.05) is 26.4 Å². The quantitative estimate of drug-likeness (QED) is 0.0406. The van der Waals surface area contributed by atoms with E-state index >= 15 is 0 Å². The molecule has 12 nitrogen and oxygen atoms in total. The van der Waals surface area contributed by atoms with Crippen molar-refractivity contribution in [3.05, 3.63) is 405 Å². The minimum Gasteiger partial charge on any atom is -0.478 e. The number of carbonyl (C=O) groups is 5. The second-order valence-corrected chi connectivity index (χ2v) is 28.3. The Hall–Kier alpha value is -14.8. The lowest BCUT2D eigenvalue weighted by molar-refractivity contribution is 0.0491. The maximum Gasteiger partial charge on any atom is 0.338 e. The zero-order valence-corrected chi connectivity index (χ0v) is 65.7. The number of benzene rings is 12. The van der Waals surface area contributed by atoms with Gasteiger partial charge >= 0.3 is 29.8 Å². The van der Waals surface area contributed by atoms with E-state index in [1.807, 2.05) is 164 Å². The van der Waals surface area contributed by atoms with Gasteiger partial charge in [0.15, 0.2) is 0 Å². The van der Waals surface area contributed by atoms with E-state index in [2.05, 4.69) is 133 Å². The number of nitrogens with one attached hydrogen (secondary N) is 1. The van der Waals surface area contributed by atoms with Gasteiger partial charge in [-0.3, -0.25) is 4.99 Å². The van der Waals surface area contributed by atoms with Gasteiger partial charge in [0.05, 0.1) is 60.3 Å². The Kier molecular flexibility index (Phi) is 28.4. The third kappa shape index (κ3) is 22.8. The number of esters is 4. The highest BCUT2D eigenvalue weighted by Gasteiger charge is 2.23. The van der Waals surface area contributed by atoms with Crippen molar-refractivity contribution in [3.8, 4) is 91.9 Å². The minimum absolute atomic E-state index is 0.107. The van der Waals surface area contributed by atoms with Crippen molar-refractivity contribution in [2.45, 2.75) is 77.3 Å². The second kappa shape index (κ2) is 41.3. The topological polar surface area (TPSA) is 167 Å². The average molecular weight is 1550 g/mol. The van der Waals surface area contributed by atoms with Crippen LogP contribution in [-0.4, -0.2) is 67.2 Å². The molecular formula is C106H86N2O10. The average Bonchev–Trinajstić information content (AvgIpc) is 0.772. The van der Waals surface area contributed by atoms with Gasteiger partial charge in [0.25, 0.3) is 0 Å². The van der Waals surface area contributed by atoms with E-state index in [-0.39, 0.29) is 44.1 Å². The summed E-state index contributed by atoms with van der Waals surface area (Å²) in [5.41, 5.74) is 17.5. The number of carboxylic acids is 1. The Morgan fingerprint density at radius 1 is 0.305 bits per heavy atom. The fourth-order valence-electron chi connectivity index (χ4n) is 13.3. The molecule has 12 aromatic rings. The number of carboxylic acid groups (broad SMARTS) is 1. The zero-order chi connectivity index (χ0) is 81.6. The highest BCUT2D eigenvalue weighted by Crippen LogP contribution is 2.37. The largest absolute Gasteiger partial charge is 0.478 e. The van der Waals surface area contributed by atoms with Crippen molar-refractivity contribution in [1.82, 2.24) is 5.32 Å². The molecule has 0 spiro atoms. The zero-order valence-electron chi connectivity index (χ0n) is 65.7. The summed E-state index contributed by atoms with van der Waals surface area (Å²) in [7, 11) is 0. The number of aromatic carboxylic acids is 1. The summed E-state index contributed by atoms with van der Waals surface area (Å²) in [5.74, 6) is 23.9. The van der Waals surface area contributed by atoms with Crippen LogP contribution in [0.2, 0.25) is 0 Å². The van der Waals surface area contributed by atoms with Crippen LogP contribution in [0.5, 0.6) is 0 Å². The molecule has 2 N–H and O–H groups in total. The SMILES string of the molecule is C[C@@H](N=C(N[C@H](C)c1ccccc1)c1c2cccc1-c1ccc(cc1)C#Cc1ccc(cc1)C(=O)OCCC/C=C/CCCOC(=O)c1ccc(cc1)C#Cc1ccc(cc1)-c1cccc(c1C(=O)O)-c1ccc(cc1)C#Cc1ccc(cc1)C(=O)OCCC/C=C/CCCOC(=O)c1ccc(cc1)C#Cc1ccc-2cc1)c1ccccc1. The molecular weight excluding hydrogens is 1460 g/mol. The molecule has 118 heavy (non-hydrogen) atoms. The third-order valence-electron chi connectivity index (χ3n) is 19.8. The van der Waals surface area contributed by atoms with E-state index in [0.29, 0.717) is 83.0 Å². The molecule has 0 saturated heterocycles. The smallest absolute Gasteiger partial charge is 0.338 e. The predicted molar refractivity (Wildman–Crippen MR) is 467 cm³/mol. The van der Waals surface area contributed by atoms with Gasteiger partial charge in [-0.2, -0.15) is 0 Å². The standard InChI is InChI=1S/C106H86N2O10/c1-75(85-23-13-11-14-24-85)107-101(108-76(2)86-25-15-12-16-26-86)99-95-27-21-28-96(99)88-57-41-78(42-58-88)32-36-82-49-65-92(66-50-82)104(112)116-72-18-8-4-6-10-20-74-118-106(114)94-69-53-84(54-70-94)38-34-80-45-61-90(62-46-80)98-30-22-29-97(100(98)102(109)110)89-59-43-79(44-60-89)33-37-83-51-67-93(68-52-83)105(113)117-73-19-9-5-3-7-17-71-115-103(111)91-63-47-81(48-64-91)35-31-77-39-55-87(95)56-40-77/h3-6,11-16,21-30,39-70,75-76H,7-10,17-20,71-74H2,1-2H3,(H,107,108)(H,109,110)/b5-3+,6-4+/t75-,76-/m1/s1. The molecule has 580 valence electrons. The molecule has 25 rings (SSSR count). The number of rotatable bonds is 6. The Labute approximate surface area is 690 Å². The summed E-state index contributed by atoms with van der Waals surface area (Å²) < 4.78 is 22.4. The fourth-order valence-corrected chi connectivity index (χ4v) is 13.3. The van der Waals surface area contributed by atoms with Gasteiger partial charge in [0.1, 0.15) is 5.84 Å². The van der Waals surface area contributed by atoms with E-state index in [1.54, 1.807) is 84.9 Å². The number of ether oxygens (including phenoxy) is 4. The molecule has 0 amide bonds. The number of nitrogens with zero attached hydrogens (tertiary/aromatic N) is 1. The highest BCUT2D eigenvalue weighted by atomic mass is 16.5. The summed E-state index contributed by atoms with van der Waals surface area (Å²) in [5, 5.41) is 14.5. The lowest BCUT2D eigenvalue weighted by Crippen LogP contribution is -2.29.